The van der Waals surface area contributed by atoms with Gasteiger partial charge in [-0.15, -0.1) is 0 Å². The summed E-state index contributed by atoms with van der Waals surface area (Å²) < 4.78 is 28.1. The number of likely N-dealkylation sites (N-methyl/N-ethyl adjacent to an activating group) is 2. The molecule has 0 aromatic heterocycles. The third kappa shape index (κ3) is 5.12. The van der Waals surface area contributed by atoms with Crippen molar-refractivity contribution >= 4 is 5.96 Å². The molecule has 1 saturated heterocycles. The molecule has 3 N–H and O–H groups in total. The molecule has 0 radical (unpaired) electrons. The fourth-order valence-electron chi connectivity index (χ4n) is 3.35. The molecule has 1 aliphatic rings. The second kappa shape index (κ2) is 9.10. The van der Waals surface area contributed by atoms with E-state index in [0.717, 1.165) is 26.1 Å². The van der Waals surface area contributed by atoms with E-state index in [0.29, 0.717) is 12.0 Å². The van der Waals surface area contributed by atoms with E-state index in [1.165, 1.54) is 24.6 Å². The molecule has 25 heavy (non-hydrogen) atoms. The van der Waals surface area contributed by atoms with Crippen LogP contribution in [0.25, 0.3) is 0 Å². The predicted octanol–water partition coefficient (Wildman–Crippen LogP) is 1.96. The number of benzene rings is 1. The van der Waals surface area contributed by atoms with Gasteiger partial charge in [-0.25, -0.2) is 8.78 Å². The van der Waals surface area contributed by atoms with E-state index < -0.39 is 17.7 Å². The highest BCUT2D eigenvalue weighted by Gasteiger charge is 2.23. The second-order valence-corrected chi connectivity index (χ2v) is 6.65. The average Bonchev–Trinajstić information content (AvgIpc) is 3.02. The molecule has 2 atom stereocenters. The van der Waals surface area contributed by atoms with Gasteiger partial charge in [0.25, 0.3) is 0 Å². The van der Waals surface area contributed by atoms with E-state index in [1.807, 2.05) is 0 Å². The van der Waals surface area contributed by atoms with Crippen molar-refractivity contribution in [3.05, 3.63) is 35.4 Å². The van der Waals surface area contributed by atoms with Crippen LogP contribution in [-0.4, -0.2) is 62.1 Å². The number of nitrogens with zero attached hydrogens (tertiary/aromatic N) is 3. The summed E-state index contributed by atoms with van der Waals surface area (Å²) in [6.45, 7) is 5.23. The maximum absolute atomic E-state index is 14.1. The summed E-state index contributed by atoms with van der Waals surface area (Å²) in [6, 6.07) is 3.84. The van der Waals surface area contributed by atoms with Gasteiger partial charge in [0.05, 0.1) is 12.6 Å². The molecule has 1 aromatic rings. The highest BCUT2D eigenvalue weighted by Crippen LogP contribution is 2.24. The lowest BCUT2D eigenvalue weighted by Gasteiger charge is -2.25. The van der Waals surface area contributed by atoms with Crippen molar-refractivity contribution in [2.24, 2.45) is 10.7 Å². The predicted molar refractivity (Wildman–Crippen MR) is 97.5 cm³/mol. The Hall–Kier alpha value is -1.73. The van der Waals surface area contributed by atoms with E-state index in [1.54, 1.807) is 19.0 Å². The van der Waals surface area contributed by atoms with Crippen LogP contribution in [0.3, 0.4) is 0 Å². The Kier molecular flexibility index (Phi) is 7.13. The van der Waals surface area contributed by atoms with Crippen LogP contribution in [0.5, 0.6) is 0 Å². The molecule has 0 bridgehead atoms. The van der Waals surface area contributed by atoms with Crippen LogP contribution in [0.15, 0.2) is 23.2 Å². The van der Waals surface area contributed by atoms with E-state index in [4.69, 9.17) is 5.73 Å². The zero-order valence-electron chi connectivity index (χ0n) is 15.3. The minimum Gasteiger partial charge on any atom is -0.370 e. The molecule has 5 nitrogen and oxygen atoms in total. The summed E-state index contributed by atoms with van der Waals surface area (Å²) in [7, 11) is 3.54. The van der Waals surface area contributed by atoms with Gasteiger partial charge >= 0.3 is 0 Å². The molecule has 0 amide bonds. The summed E-state index contributed by atoms with van der Waals surface area (Å²) in [6.07, 6.45) is 2.35. The van der Waals surface area contributed by atoms with Crippen molar-refractivity contribution in [2.45, 2.75) is 31.8 Å². The molecule has 1 heterocycles. The molecule has 1 aliphatic heterocycles. The van der Waals surface area contributed by atoms with Crippen LogP contribution < -0.4 is 11.1 Å². The third-order valence-electron chi connectivity index (χ3n) is 4.81. The Balaban J connectivity index is 1.99. The van der Waals surface area contributed by atoms with Gasteiger partial charge in [0.15, 0.2) is 5.96 Å². The number of rotatable bonds is 7. The number of guanidine groups is 1. The summed E-state index contributed by atoms with van der Waals surface area (Å²) in [5.41, 5.74) is 5.98. The lowest BCUT2D eigenvalue weighted by Crippen LogP contribution is -2.43. The van der Waals surface area contributed by atoms with Crippen molar-refractivity contribution in [1.82, 2.24) is 15.1 Å². The van der Waals surface area contributed by atoms with E-state index in [-0.39, 0.29) is 12.1 Å². The molecule has 2 unspecified atom stereocenters. The van der Waals surface area contributed by atoms with Gasteiger partial charge in [-0.05, 0) is 52.2 Å². The lowest BCUT2D eigenvalue weighted by molar-refractivity contribution is 0.267. The minimum absolute atomic E-state index is 0.0250. The van der Waals surface area contributed by atoms with Gasteiger partial charge in [0.1, 0.15) is 11.6 Å². The SMILES string of the molecule is CCN1CCCC1CNC(N)=NCC(c1c(F)cccc1F)N(C)C. The average molecular weight is 353 g/mol. The summed E-state index contributed by atoms with van der Waals surface area (Å²) in [4.78, 5) is 8.46. The van der Waals surface area contributed by atoms with Crippen LogP contribution in [0.4, 0.5) is 8.78 Å². The molecule has 0 aliphatic carbocycles. The summed E-state index contributed by atoms with van der Waals surface area (Å²) >= 11 is 0. The van der Waals surface area contributed by atoms with Crippen LogP contribution in [-0.2, 0) is 0 Å². The van der Waals surface area contributed by atoms with Crippen molar-refractivity contribution in [3.8, 4) is 0 Å². The second-order valence-electron chi connectivity index (χ2n) is 6.65. The van der Waals surface area contributed by atoms with Crippen LogP contribution in [0.2, 0.25) is 0 Å². The fraction of sp³-hybridized carbons (Fsp3) is 0.611. The monoisotopic (exact) mass is 353 g/mol. The topological polar surface area (TPSA) is 56.9 Å². The highest BCUT2D eigenvalue weighted by molar-refractivity contribution is 5.77. The quantitative estimate of drug-likeness (QED) is 0.581. The fourth-order valence-corrected chi connectivity index (χ4v) is 3.35. The first-order valence-electron chi connectivity index (χ1n) is 8.82. The number of nitrogens with two attached hydrogens (primary N) is 1. The zero-order chi connectivity index (χ0) is 18.4. The van der Waals surface area contributed by atoms with Crippen molar-refractivity contribution in [3.63, 3.8) is 0 Å². The summed E-state index contributed by atoms with van der Waals surface area (Å²) in [5.74, 6) is -0.818. The van der Waals surface area contributed by atoms with E-state index >= 15 is 0 Å². The van der Waals surface area contributed by atoms with Gasteiger partial charge in [-0.3, -0.25) is 9.89 Å². The number of hydrogen-bond donors (Lipinski definition) is 2. The number of hydrogen-bond acceptors (Lipinski definition) is 3. The molecule has 0 spiro atoms. The van der Waals surface area contributed by atoms with Gasteiger partial charge in [-0.2, -0.15) is 0 Å². The van der Waals surface area contributed by atoms with E-state index in [2.05, 4.69) is 22.1 Å². The minimum atomic E-state index is -0.565. The van der Waals surface area contributed by atoms with Gasteiger partial charge in [-0.1, -0.05) is 13.0 Å². The van der Waals surface area contributed by atoms with Gasteiger partial charge < -0.3 is 16.0 Å². The van der Waals surface area contributed by atoms with E-state index in [9.17, 15) is 8.78 Å². The lowest BCUT2D eigenvalue weighted by atomic mass is 10.0. The van der Waals surface area contributed by atoms with Crippen molar-refractivity contribution in [1.29, 1.82) is 0 Å². The molecule has 1 aromatic carbocycles. The largest absolute Gasteiger partial charge is 0.370 e. The molecule has 140 valence electrons. The van der Waals surface area contributed by atoms with Crippen LogP contribution in [0, 0.1) is 11.6 Å². The third-order valence-corrected chi connectivity index (χ3v) is 4.81. The van der Waals surface area contributed by atoms with Crippen LogP contribution in [0.1, 0.15) is 31.4 Å². The Morgan fingerprint density at radius 2 is 2.08 bits per heavy atom. The Labute approximate surface area is 148 Å². The van der Waals surface area contributed by atoms with Gasteiger partial charge in [0.2, 0.25) is 0 Å². The van der Waals surface area contributed by atoms with Crippen molar-refractivity contribution in [2.75, 3.05) is 40.3 Å². The Bertz CT molecular complexity index is 571. The Morgan fingerprint density at radius 1 is 1.40 bits per heavy atom. The molecule has 0 saturated carbocycles. The van der Waals surface area contributed by atoms with Crippen molar-refractivity contribution < 1.29 is 8.78 Å². The molecular weight excluding hydrogens is 324 g/mol. The standard InChI is InChI=1S/C18H29F2N5/c1-4-25-10-6-7-13(25)11-22-18(21)23-12-16(24(2)3)17-14(19)8-5-9-15(17)20/h5,8-9,13,16H,4,6-7,10-12H2,1-3H3,(H3,21,22,23). The first-order chi connectivity index (χ1) is 11.9. The first-order valence-corrected chi connectivity index (χ1v) is 8.82. The molecule has 7 heteroatoms. The normalized spacial score (nSPS) is 20.2. The highest BCUT2D eigenvalue weighted by atomic mass is 19.1. The zero-order valence-corrected chi connectivity index (χ0v) is 15.3. The first kappa shape index (κ1) is 19.6. The number of halogens is 2. The Morgan fingerprint density at radius 3 is 2.68 bits per heavy atom. The number of aliphatic imine (C=N–C) groups is 1. The smallest absolute Gasteiger partial charge is 0.188 e. The van der Waals surface area contributed by atoms with Crippen LogP contribution >= 0.6 is 0 Å². The maximum atomic E-state index is 14.1. The summed E-state index contributed by atoms with van der Waals surface area (Å²) in [5, 5.41) is 3.14. The molecular formula is C18H29F2N5. The number of likely N-dealkylation sites (tertiary alicyclic amines) is 1. The van der Waals surface area contributed by atoms with Gasteiger partial charge in [0, 0.05) is 18.2 Å². The number of nitrogens with one attached hydrogen (secondary N) is 1. The molecule has 2 rings (SSSR count). The molecule has 1 fully saturated rings. The maximum Gasteiger partial charge on any atom is 0.188 e.